The third kappa shape index (κ3) is 17.4. The standard InChI is InChI=1S/2C22H23F4N7O2.C21H23ClF4N6O2/c2*1-27-19-14(23)3-4-16(18(19)26)29-22(35)32-6-5-15-13(11-32)20-21(34)31(2)9-12(10-33(20)30-15)7-28-8-17(24)25;1-30-8-11(6-27-7-18(25)26)9-32-19(20(30)33)12-10-31(3-2-16(12)29-32)21(34)28-17-4-13(22)14(23)5-15(17)24/h2*3-4,12,17,28H,5-11H2,2H3,(H,29,35);4-5,11,18,27H,2-3,6-10H2,1H3,(H,28,34)/t2*12-;11-/m101/s1. The Labute approximate surface area is 591 Å². The summed E-state index contributed by atoms with van der Waals surface area (Å²) >= 11 is 5.69. The molecule has 0 fully saturated rings. The van der Waals surface area contributed by atoms with Gasteiger partial charge in [-0.2, -0.15) is 15.3 Å². The molecule has 0 aliphatic carbocycles. The molecule has 6 N–H and O–H groups in total. The summed E-state index contributed by atoms with van der Waals surface area (Å²) in [6, 6.07) is 3.50. The van der Waals surface area contributed by atoms with Crippen LogP contribution >= 0.6 is 11.6 Å². The van der Waals surface area contributed by atoms with Crippen LogP contribution < -0.4 is 31.9 Å². The van der Waals surface area contributed by atoms with Gasteiger partial charge in [-0.3, -0.25) is 28.4 Å². The number of aromatic nitrogens is 6. The number of hydrogen-bond donors (Lipinski definition) is 6. The van der Waals surface area contributed by atoms with Gasteiger partial charge in [-0.1, -0.05) is 11.6 Å². The molecule has 0 saturated carbocycles. The van der Waals surface area contributed by atoms with Gasteiger partial charge in [0.15, 0.2) is 11.6 Å². The summed E-state index contributed by atoms with van der Waals surface area (Å²) in [6.45, 7) is 16.4. The molecule has 6 aliphatic heterocycles. The number of benzene rings is 3. The maximum atomic E-state index is 14.4. The quantitative estimate of drug-likeness (QED) is 0.0321. The molecule has 3 atom stereocenters. The van der Waals surface area contributed by atoms with Crippen LogP contribution in [0.4, 0.5) is 95.5 Å². The van der Waals surface area contributed by atoms with E-state index in [0.717, 1.165) is 30.3 Å². The molecular formula is C65H69ClF12N20O6. The number of halogens is 13. The summed E-state index contributed by atoms with van der Waals surface area (Å²) in [6.07, 6.45) is -6.32. The number of nitrogens with zero attached hydrogens (tertiary/aromatic N) is 14. The third-order valence-corrected chi connectivity index (χ3v) is 18.3. The Morgan fingerprint density at radius 3 is 1.11 bits per heavy atom. The smallest absolute Gasteiger partial charge is 0.322 e. The van der Waals surface area contributed by atoms with E-state index in [0.29, 0.717) is 122 Å². The number of alkyl halides is 6. The van der Waals surface area contributed by atoms with Crippen molar-refractivity contribution in [1.82, 2.24) is 74.7 Å². The van der Waals surface area contributed by atoms with Crippen molar-refractivity contribution >= 4 is 75.9 Å². The van der Waals surface area contributed by atoms with Gasteiger partial charge in [0.1, 0.15) is 40.4 Å². The van der Waals surface area contributed by atoms with Crippen molar-refractivity contribution in [3.63, 3.8) is 0 Å². The van der Waals surface area contributed by atoms with Crippen LogP contribution in [0.3, 0.4) is 0 Å². The number of fused-ring (bicyclic) bond motifs is 9. The summed E-state index contributed by atoms with van der Waals surface area (Å²) in [5, 5.41) is 28.6. The Kier molecular flexibility index (Phi) is 24.3. The minimum Gasteiger partial charge on any atom is -0.340 e. The molecule has 3 aromatic carbocycles. The first-order valence-corrected chi connectivity index (χ1v) is 32.9. The van der Waals surface area contributed by atoms with E-state index in [1.165, 1.54) is 29.4 Å². The normalized spacial score (nSPS) is 17.8. The number of amides is 9. The van der Waals surface area contributed by atoms with Crippen molar-refractivity contribution in [2.75, 3.05) is 116 Å². The van der Waals surface area contributed by atoms with E-state index in [1.54, 1.807) is 35.2 Å². The number of urea groups is 3. The van der Waals surface area contributed by atoms with Crippen molar-refractivity contribution in [3.05, 3.63) is 150 Å². The molecule has 104 heavy (non-hydrogen) atoms. The average Bonchev–Trinajstić information content (AvgIpc) is 1.62. The second kappa shape index (κ2) is 33.1. The van der Waals surface area contributed by atoms with E-state index in [4.69, 9.17) is 24.7 Å². The number of anilines is 3. The Balaban J connectivity index is 0.000000167. The van der Waals surface area contributed by atoms with Crippen LogP contribution in [0.25, 0.3) is 9.69 Å². The number of hydrogen-bond acceptors (Lipinski definition) is 12. The van der Waals surface area contributed by atoms with E-state index >= 15 is 0 Å². The second-order valence-corrected chi connectivity index (χ2v) is 25.9. The summed E-state index contributed by atoms with van der Waals surface area (Å²) in [7, 11) is 4.87. The topological polar surface area (TPSA) is 256 Å². The van der Waals surface area contributed by atoms with Gasteiger partial charge >= 0.3 is 18.1 Å². The van der Waals surface area contributed by atoms with Gasteiger partial charge in [-0.15, -0.1) is 0 Å². The first kappa shape index (κ1) is 76.5. The van der Waals surface area contributed by atoms with E-state index in [-0.39, 0.29) is 110 Å². The lowest BCUT2D eigenvalue weighted by atomic mass is 10.0. The summed E-state index contributed by atoms with van der Waals surface area (Å²) in [5.74, 6) is -7.51. The fourth-order valence-electron chi connectivity index (χ4n) is 13.0. The Morgan fingerprint density at radius 2 is 0.798 bits per heavy atom. The molecule has 6 aromatic rings. The lowest BCUT2D eigenvalue weighted by Gasteiger charge is -2.27. The van der Waals surface area contributed by atoms with Gasteiger partial charge in [0.25, 0.3) is 48.4 Å². The molecule has 9 heterocycles. The molecule has 3 aromatic heterocycles. The highest BCUT2D eigenvalue weighted by Gasteiger charge is 2.39. The predicted molar refractivity (Wildman–Crippen MR) is 351 cm³/mol. The molecule has 39 heteroatoms. The zero-order valence-corrected chi connectivity index (χ0v) is 56.7. The second-order valence-electron chi connectivity index (χ2n) is 25.5. The molecule has 12 rings (SSSR count). The molecule has 0 bridgehead atoms. The number of rotatable bonds is 15. The van der Waals surface area contributed by atoms with Crippen molar-refractivity contribution in [1.29, 1.82) is 0 Å². The fraction of sp³-hybridized carbons (Fsp3) is 0.462. The molecule has 556 valence electrons. The van der Waals surface area contributed by atoms with Gasteiger partial charge in [-0.05, 0) is 30.3 Å². The highest BCUT2D eigenvalue weighted by Crippen LogP contribution is 2.35. The minimum absolute atomic E-state index is 0.0445. The molecule has 0 unspecified atom stereocenters. The zero-order valence-electron chi connectivity index (χ0n) is 55.9. The van der Waals surface area contributed by atoms with Gasteiger partial charge in [0.2, 0.25) is 0 Å². The highest BCUT2D eigenvalue weighted by atomic mass is 35.5. The summed E-state index contributed by atoms with van der Waals surface area (Å²) < 4.78 is 163. The van der Waals surface area contributed by atoms with Crippen molar-refractivity contribution in [3.8, 4) is 0 Å². The number of nitrogens with one attached hydrogen (secondary N) is 6. The SMILES string of the molecule is CN1C[C@@H](CNCC(F)F)Cn2nc3c(c2C1=O)CN(C(=O)Nc1cc(Cl)c(F)cc1F)CC3.[C-]#[N+]c1c(F)ccc(NC(=O)N2CCc3nn4c(c3C2)C(=O)N(C)C[C@@H](CNCC(F)F)C4)c1F.[C-]#[N+]c1c(F)ccc(NC(=O)N2CCc3nn4c(c3C2)C(=O)N(C)C[C@H](CNCC(F)F)C4)c1F. The lowest BCUT2D eigenvalue weighted by molar-refractivity contribution is 0.0770. The van der Waals surface area contributed by atoms with Gasteiger partial charge in [0.05, 0.1) is 91.6 Å². The van der Waals surface area contributed by atoms with Crippen LogP contribution in [0.2, 0.25) is 5.02 Å². The molecule has 0 radical (unpaired) electrons. The van der Waals surface area contributed by atoms with E-state index in [2.05, 4.69) is 56.9 Å². The summed E-state index contributed by atoms with van der Waals surface area (Å²) in [4.78, 5) is 92.1. The van der Waals surface area contributed by atoms with Gasteiger partial charge < -0.3 is 61.3 Å². The fourth-order valence-corrected chi connectivity index (χ4v) is 13.2. The van der Waals surface area contributed by atoms with Crippen molar-refractivity contribution < 1.29 is 81.5 Å². The monoisotopic (exact) mass is 1490 g/mol. The lowest BCUT2D eigenvalue weighted by Crippen LogP contribution is -2.40. The predicted octanol–water partition coefficient (Wildman–Crippen LogP) is 8.68. The molecule has 0 spiro atoms. The van der Waals surface area contributed by atoms with E-state index in [1.807, 2.05) is 0 Å². The minimum atomic E-state index is -2.47. The van der Waals surface area contributed by atoms with Gasteiger partial charge in [-0.25, -0.2) is 76.8 Å². The summed E-state index contributed by atoms with van der Waals surface area (Å²) in [5.41, 5.74) is 2.24. The first-order chi connectivity index (χ1) is 49.5. The maximum absolute atomic E-state index is 14.4. The van der Waals surface area contributed by atoms with Crippen LogP contribution in [0.15, 0.2) is 36.4 Å². The maximum Gasteiger partial charge on any atom is 0.322 e. The van der Waals surface area contributed by atoms with Crippen LogP contribution in [-0.4, -0.2) is 214 Å². The van der Waals surface area contributed by atoms with E-state index in [9.17, 15) is 81.5 Å². The third-order valence-electron chi connectivity index (χ3n) is 18.0. The average molecular weight is 1490 g/mol. The number of carbonyl (C=O) groups is 6. The molecule has 0 saturated heterocycles. The number of carbonyl (C=O) groups excluding carboxylic acids is 6. The molecule has 26 nitrogen and oxygen atoms in total. The zero-order chi connectivity index (χ0) is 75.1. The van der Waals surface area contributed by atoms with Gasteiger partial charge in [0, 0.05) is 159 Å². The Bertz CT molecular complexity index is 4170. The van der Waals surface area contributed by atoms with Crippen LogP contribution in [0, 0.1) is 65.8 Å². The molecule has 9 amide bonds. The molecular weight excluding hydrogens is 1420 g/mol. The van der Waals surface area contributed by atoms with Crippen LogP contribution in [-0.2, 0) is 58.5 Å². The molecule has 6 aliphatic rings. The largest absolute Gasteiger partial charge is 0.340 e. The van der Waals surface area contributed by atoms with Crippen LogP contribution in [0.5, 0.6) is 0 Å². The van der Waals surface area contributed by atoms with E-state index < -0.39 is 103 Å². The van der Waals surface area contributed by atoms with Crippen molar-refractivity contribution in [2.45, 2.75) is 77.8 Å². The Morgan fingerprint density at radius 1 is 0.481 bits per heavy atom. The Hall–Kier alpha value is -10.2. The van der Waals surface area contributed by atoms with Crippen molar-refractivity contribution in [2.24, 2.45) is 17.8 Å². The first-order valence-electron chi connectivity index (χ1n) is 32.5. The van der Waals surface area contributed by atoms with Crippen LogP contribution in [0.1, 0.15) is 65.2 Å². The highest BCUT2D eigenvalue weighted by molar-refractivity contribution is 6.31.